The largest absolute Gasteiger partial charge is 0.416 e. The van der Waals surface area contributed by atoms with Gasteiger partial charge in [-0.2, -0.15) is 13.2 Å². The van der Waals surface area contributed by atoms with E-state index in [-0.39, 0.29) is 24.8 Å². The molecule has 2 aromatic rings. The van der Waals surface area contributed by atoms with Crippen molar-refractivity contribution in [2.24, 2.45) is 0 Å². The quantitative estimate of drug-likeness (QED) is 0.661. The highest BCUT2D eigenvalue weighted by Gasteiger charge is 2.37. The Morgan fingerprint density at radius 1 is 1.07 bits per heavy atom. The lowest BCUT2D eigenvalue weighted by Gasteiger charge is -2.29. The summed E-state index contributed by atoms with van der Waals surface area (Å²) in [5.74, 6) is -0.249. The van der Waals surface area contributed by atoms with Crippen LogP contribution in [0.15, 0.2) is 48.5 Å². The minimum Gasteiger partial charge on any atom is -0.352 e. The molecule has 30 heavy (non-hydrogen) atoms. The number of nitrogens with one attached hydrogen (secondary N) is 2. The lowest BCUT2D eigenvalue weighted by molar-refractivity contribution is -0.137. The third-order valence-corrected chi connectivity index (χ3v) is 5.54. The second kappa shape index (κ2) is 9.08. The zero-order chi connectivity index (χ0) is 21.8. The topological polar surface area (TPSA) is 58.2 Å². The lowest BCUT2D eigenvalue weighted by atomic mass is 9.85. The van der Waals surface area contributed by atoms with Crippen molar-refractivity contribution in [2.75, 3.05) is 0 Å². The number of alkyl halides is 3. The first-order valence-electron chi connectivity index (χ1n) is 9.64. The Morgan fingerprint density at radius 3 is 2.27 bits per heavy atom. The van der Waals surface area contributed by atoms with Gasteiger partial charge >= 0.3 is 6.18 Å². The SMILES string of the molecule is O=C(CC[C@@]1(Cc2ccc(Cl)cc2)CCC(=O)N1)NCc1ccc(C(F)(F)F)cc1. The van der Waals surface area contributed by atoms with Crippen molar-refractivity contribution in [1.29, 1.82) is 0 Å². The standard InChI is InChI=1S/C22H22ClF3N2O2/c23-18-7-3-15(4-8-18)13-21(12-10-20(30)28-21)11-9-19(29)27-14-16-1-5-17(6-2-16)22(24,25)26/h1-8H,9-14H2,(H,27,29)(H,28,30)/t21-/m0/s1. The van der Waals surface area contributed by atoms with Gasteiger partial charge < -0.3 is 10.6 Å². The summed E-state index contributed by atoms with van der Waals surface area (Å²) in [6.45, 7) is 0.146. The maximum atomic E-state index is 12.6. The van der Waals surface area contributed by atoms with Crippen LogP contribution in [-0.4, -0.2) is 17.4 Å². The Labute approximate surface area is 177 Å². The predicted molar refractivity (Wildman–Crippen MR) is 108 cm³/mol. The molecule has 0 radical (unpaired) electrons. The molecule has 1 heterocycles. The Hall–Kier alpha value is -2.54. The molecule has 1 atom stereocenters. The van der Waals surface area contributed by atoms with Crippen LogP contribution in [0.5, 0.6) is 0 Å². The molecule has 1 saturated heterocycles. The molecule has 0 aromatic heterocycles. The smallest absolute Gasteiger partial charge is 0.352 e. The summed E-state index contributed by atoms with van der Waals surface area (Å²) in [6.07, 6.45) is -2.05. The van der Waals surface area contributed by atoms with Gasteiger partial charge in [0.05, 0.1) is 5.56 Å². The van der Waals surface area contributed by atoms with Gasteiger partial charge in [0.1, 0.15) is 0 Å². The fourth-order valence-electron chi connectivity index (χ4n) is 3.63. The number of carbonyl (C=O) groups excluding carboxylic acids is 2. The number of rotatable bonds is 7. The maximum absolute atomic E-state index is 12.6. The summed E-state index contributed by atoms with van der Waals surface area (Å²) in [5, 5.41) is 6.38. The monoisotopic (exact) mass is 438 g/mol. The van der Waals surface area contributed by atoms with Crippen LogP contribution in [-0.2, 0) is 28.7 Å². The molecule has 2 aromatic carbocycles. The van der Waals surface area contributed by atoms with Gasteiger partial charge in [0.25, 0.3) is 0 Å². The van der Waals surface area contributed by atoms with Gasteiger partial charge in [0, 0.05) is 29.9 Å². The molecule has 160 valence electrons. The van der Waals surface area contributed by atoms with E-state index in [0.29, 0.717) is 36.3 Å². The average Bonchev–Trinajstić information content (AvgIpc) is 3.07. The molecule has 1 fully saturated rings. The Bertz CT molecular complexity index is 898. The second-order valence-corrected chi connectivity index (χ2v) is 8.04. The summed E-state index contributed by atoms with van der Waals surface area (Å²) in [5.41, 5.74) is 0.392. The summed E-state index contributed by atoms with van der Waals surface area (Å²) < 4.78 is 37.8. The van der Waals surface area contributed by atoms with Crippen LogP contribution in [0.3, 0.4) is 0 Å². The molecule has 0 unspecified atom stereocenters. The Morgan fingerprint density at radius 2 is 1.70 bits per heavy atom. The van der Waals surface area contributed by atoms with Crippen LogP contribution in [0.2, 0.25) is 5.02 Å². The van der Waals surface area contributed by atoms with Gasteiger partial charge in [-0.15, -0.1) is 0 Å². The summed E-state index contributed by atoms with van der Waals surface area (Å²) in [4.78, 5) is 24.1. The van der Waals surface area contributed by atoms with E-state index >= 15 is 0 Å². The molecular formula is C22H22ClF3N2O2. The minimum absolute atomic E-state index is 0.0332. The third kappa shape index (κ3) is 5.98. The van der Waals surface area contributed by atoms with E-state index < -0.39 is 17.3 Å². The zero-order valence-corrected chi connectivity index (χ0v) is 16.9. The van der Waals surface area contributed by atoms with Crippen molar-refractivity contribution >= 4 is 23.4 Å². The summed E-state index contributed by atoms with van der Waals surface area (Å²) >= 11 is 5.93. The van der Waals surface area contributed by atoms with Gasteiger partial charge in [-0.1, -0.05) is 35.9 Å². The van der Waals surface area contributed by atoms with E-state index in [9.17, 15) is 22.8 Å². The van der Waals surface area contributed by atoms with Crippen molar-refractivity contribution < 1.29 is 22.8 Å². The van der Waals surface area contributed by atoms with Crippen molar-refractivity contribution in [3.05, 3.63) is 70.2 Å². The molecule has 1 aliphatic heterocycles. The van der Waals surface area contributed by atoms with Gasteiger partial charge in [0.15, 0.2) is 0 Å². The highest BCUT2D eigenvalue weighted by molar-refractivity contribution is 6.30. The van der Waals surface area contributed by atoms with Crippen LogP contribution in [0.25, 0.3) is 0 Å². The number of hydrogen-bond acceptors (Lipinski definition) is 2. The molecule has 1 aliphatic rings. The minimum atomic E-state index is -4.38. The van der Waals surface area contributed by atoms with Gasteiger partial charge in [-0.3, -0.25) is 9.59 Å². The van der Waals surface area contributed by atoms with Crippen molar-refractivity contribution in [1.82, 2.24) is 10.6 Å². The van der Waals surface area contributed by atoms with Crippen molar-refractivity contribution in [3.63, 3.8) is 0 Å². The maximum Gasteiger partial charge on any atom is 0.416 e. The van der Waals surface area contributed by atoms with Crippen molar-refractivity contribution in [3.8, 4) is 0 Å². The highest BCUT2D eigenvalue weighted by atomic mass is 35.5. The second-order valence-electron chi connectivity index (χ2n) is 7.60. The molecule has 2 N–H and O–H groups in total. The summed E-state index contributed by atoms with van der Waals surface area (Å²) in [7, 11) is 0. The van der Waals surface area contributed by atoms with E-state index in [2.05, 4.69) is 10.6 Å². The molecule has 0 saturated carbocycles. The van der Waals surface area contributed by atoms with E-state index in [1.165, 1.54) is 12.1 Å². The van der Waals surface area contributed by atoms with Gasteiger partial charge in [0.2, 0.25) is 11.8 Å². The Balaban J connectivity index is 1.54. The van der Waals surface area contributed by atoms with E-state index in [4.69, 9.17) is 11.6 Å². The fourth-order valence-corrected chi connectivity index (χ4v) is 3.75. The van der Waals surface area contributed by atoms with Crippen LogP contribution in [0.1, 0.15) is 42.4 Å². The molecule has 0 aliphatic carbocycles. The van der Waals surface area contributed by atoms with Gasteiger partial charge in [-0.25, -0.2) is 0 Å². The first-order valence-corrected chi connectivity index (χ1v) is 10.0. The average molecular weight is 439 g/mol. The lowest BCUT2D eigenvalue weighted by Crippen LogP contribution is -2.44. The Kier molecular flexibility index (Phi) is 6.71. The molecule has 0 spiro atoms. The molecule has 3 rings (SSSR count). The van der Waals surface area contributed by atoms with Crippen LogP contribution >= 0.6 is 11.6 Å². The first-order chi connectivity index (χ1) is 14.2. The predicted octanol–water partition coefficient (Wildman–Crippen LogP) is 4.65. The van der Waals surface area contributed by atoms with Crippen LogP contribution in [0, 0.1) is 0 Å². The molecule has 8 heteroatoms. The van der Waals surface area contributed by atoms with E-state index in [1.807, 2.05) is 12.1 Å². The fraction of sp³-hybridized carbons (Fsp3) is 0.364. The number of amides is 2. The molecule has 4 nitrogen and oxygen atoms in total. The molecule has 2 amide bonds. The van der Waals surface area contributed by atoms with E-state index in [0.717, 1.165) is 17.7 Å². The number of hydrogen-bond donors (Lipinski definition) is 2. The first kappa shape index (κ1) is 22.2. The number of benzene rings is 2. The van der Waals surface area contributed by atoms with Gasteiger partial charge in [-0.05, 0) is 54.7 Å². The van der Waals surface area contributed by atoms with Crippen LogP contribution < -0.4 is 10.6 Å². The molecular weight excluding hydrogens is 417 g/mol. The summed E-state index contributed by atoms with van der Waals surface area (Å²) in [6, 6.07) is 12.1. The third-order valence-electron chi connectivity index (χ3n) is 5.29. The van der Waals surface area contributed by atoms with Crippen molar-refractivity contribution in [2.45, 2.75) is 50.4 Å². The molecule has 0 bridgehead atoms. The van der Waals surface area contributed by atoms with Crippen LogP contribution in [0.4, 0.5) is 13.2 Å². The normalized spacial score (nSPS) is 18.9. The number of halogens is 4. The van der Waals surface area contributed by atoms with E-state index in [1.54, 1.807) is 12.1 Å². The highest BCUT2D eigenvalue weighted by Crippen LogP contribution is 2.30. The number of carbonyl (C=O) groups is 2. The zero-order valence-electron chi connectivity index (χ0n) is 16.2.